The zero-order valence-corrected chi connectivity index (χ0v) is 68.9. The molecule has 0 aliphatic heterocycles. The molecule has 20 heteroatoms. The van der Waals surface area contributed by atoms with E-state index in [1.165, 1.54) is 97.1 Å². The van der Waals surface area contributed by atoms with Crippen LogP contribution < -0.4 is 0 Å². The molecule has 21 rings (SSSR count). The average Bonchev–Trinajstić information content (AvgIpc) is 0.753. The van der Waals surface area contributed by atoms with Crippen LogP contribution in [0.2, 0.25) is 0 Å². The first-order valence-electron chi connectivity index (χ1n) is 41.4. The molecular weight excluding hydrogens is 1660 g/mol. The van der Waals surface area contributed by atoms with Crippen molar-refractivity contribution in [2.45, 2.75) is 0 Å². The van der Waals surface area contributed by atoms with Crippen molar-refractivity contribution in [2.75, 3.05) is 0 Å². The van der Waals surface area contributed by atoms with E-state index in [0.29, 0.717) is 91.4 Å². The lowest BCUT2D eigenvalue weighted by atomic mass is 9.95. The van der Waals surface area contributed by atoms with E-state index >= 15 is 0 Å². The Bertz CT molecular complexity index is 7480. The summed E-state index contributed by atoms with van der Waals surface area (Å²) in [6.45, 7) is 0. The molecule has 628 valence electrons. The van der Waals surface area contributed by atoms with Gasteiger partial charge in [0.25, 0.3) is 0 Å². The molecule has 0 saturated carbocycles. The van der Waals surface area contributed by atoms with Gasteiger partial charge in [-0.25, -0.2) is 84.4 Å². The lowest BCUT2D eigenvalue weighted by Gasteiger charge is -2.11. The predicted octanol–water partition coefficient (Wildman–Crippen LogP) is 28.6. The van der Waals surface area contributed by atoms with Crippen molar-refractivity contribution in [3.8, 4) is 180 Å². The molecule has 21 aromatic rings. The number of rotatable bonds is 16. The van der Waals surface area contributed by atoms with Crippen LogP contribution in [0.1, 0.15) is 0 Å². The average molecular weight is 1720 g/mol. The van der Waals surface area contributed by atoms with Gasteiger partial charge in [0.2, 0.25) is 0 Å². The molecule has 0 unspecified atom stereocenters. The van der Waals surface area contributed by atoms with Crippen LogP contribution in [-0.4, -0.2) is 54.8 Å². The number of hydrogen-bond donors (Lipinski definition) is 0. The Morgan fingerprint density at radius 3 is 0.542 bits per heavy atom. The minimum absolute atomic E-state index is 0.261. The maximum absolute atomic E-state index is 13.7. The Morgan fingerprint density at radius 1 is 0.137 bits per heavy atom. The van der Waals surface area contributed by atoms with Crippen molar-refractivity contribution in [1.82, 2.24) is 54.8 Å². The van der Waals surface area contributed by atoms with Crippen molar-refractivity contribution in [1.29, 1.82) is 0 Å². The normalized spacial score (nSPS) is 11.1. The monoisotopic (exact) mass is 1720 g/mol. The molecule has 0 bridgehead atoms. The van der Waals surface area contributed by atoms with Crippen LogP contribution in [0.3, 0.4) is 0 Å². The topological polar surface area (TPSA) is 142 Å². The van der Waals surface area contributed by atoms with Gasteiger partial charge in [0.1, 0.15) is 52.4 Å². The number of aromatic nitrogens is 11. The third kappa shape index (κ3) is 19.1. The summed E-state index contributed by atoms with van der Waals surface area (Å²) in [5, 5.41) is 2.11. The molecule has 0 aliphatic carbocycles. The van der Waals surface area contributed by atoms with Crippen LogP contribution >= 0.6 is 0 Å². The van der Waals surface area contributed by atoms with Crippen molar-refractivity contribution in [2.24, 2.45) is 0 Å². The Balaban J connectivity index is 0.000000128. The highest BCUT2D eigenvalue weighted by atomic mass is 19.2. The number of halogens is 9. The first-order chi connectivity index (χ1) is 64.0. The molecule has 131 heavy (non-hydrogen) atoms. The van der Waals surface area contributed by atoms with E-state index < -0.39 is 11.6 Å². The van der Waals surface area contributed by atoms with E-state index in [9.17, 15) is 39.5 Å². The molecule has 0 amide bonds. The highest BCUT2D eigenvalue weighted by Gasteiger charge is 2.20. The van der Waals surface area contributed by atoms with E-state index in [2.05, 4.69) is 87.3 Å². The van der Waals surface area contributed by atoms with Crippen LogP contribution in [0.25, 0.3) is 202 Å². The van der Waals surface area contributed by atoms with E-state index in [1.807, 2.05) is 158 Å². The molecular formula is C111H66F9N11. The van der Waals surface area contributed by atoms with E-state index in [-0.39, 0.29) is 40.7 Å². The Morgan fingerprint density at radius 2 is 0.313 bits per heavy atom. The standard InChI is InChI=1S/C39H23F4N3.C39H23F2N5.C33H20F3N3/c40-33-17-13-30(14-18-33)38-44-37(45-39(46-38)31-15-19-34(41)20-16-31)29-11-9-27(10-12-29)25-3-1-24(2-4-25)26-5-7-28(8-6-26)32-21-35(42)23-36(43)22-32;40-31-17-13-28(14-18-31)38-44-37(45-39(46-38)29-15-19-32(41)20-16-29)27-11-7-25(8-12-27)24-5-9-26(10-6-24)34-23-30-3-1-21-42-35(30)36-33(34)4-2-22-43-36;34-28-15-9-24(10-16-28)22-3-1-21(2-4-22)23-5-7-25(8-6-23)31-37-32(26-11-17-29(35)18-12-26)39-33(38-31)27-13-19-30(36)20-14-27/h2*1-23H;1-20H. The fourth-order valence-electron chi connectivity index (χ4n) is 15.1. The maximum atomic E-state index is 13.7. The van der Waals surface area contributed by atoms with Gasteiger partial charge < -0.3 is 0 Å². The van der Waals surface area contributed by atoms with E-state index in [4.69, 9.17) is 9.97 Å². The SMILES string of the molecule is Fc1ccc(-c2ccc(-c3ccc(-c4nc(-c5ccc(F)cc5)nc(-c5ccc(F)cc5)n4)cc3)cc2)cc1.Fc1ccc(-c2nc(-c3ccc(F)cc3)nc(-c3ccc(-c4ccc(-c5cc6cccnc6c6ncccc56)cc4)cc3)n2)cc1.Fc1ccc(-c2nc(-c3ccc(F)cc3)nc(-c3ccc(-c4ccc(-c5ccc(-c6cc(F)cc(F)c6)cc5)cc4)cc3)n2)cc1. The van der Waals surface area contributed by atoms with Crippen LogP contribution in [0, 0.1) is 52.4 Å². The first-order valence-corrected chi connectivity index (χ1v) is 41.4. The number of pyridine rings is 2. The lowest BCUT2D eigenvalue weighted by Crippen LogP contribution is -2.00. The maximum Gasteiger partial charge on any atom is 0.164 e. The molecule has 0 spiro atoms. The molecule has 0 N–H and O–H groups in total. The molecule has 0 saturated heterocycles. The summed E-state index contributed by atoms with van der Waals surface area (Å²) in [6, 6.07) is 112. The highest BCUT2D eigenvalue weighted by Crippen LogP contribution is 2.39. The van der Waals surface area contributed by atoms with E-state index in [1.54, 1.807) is 97.3 Å². The summed E-state index contributed by atoms with van der Waals surface area (Å²) >= 11 is 0. The first kappa shape index (κ1) is 83.3. The molecule has 0 aliphatic rings. The minimum Gasteiger partial charge on any atom is -0.254 e. The van der Waals surface area contributed by atoms with Gasteiger partial charge in [-0.15, -0.1) is 0 Å². The summed E-state index contributed by atoms with van der Waals surface area (Å²) in [7, 11) is 0. The molecule has 16 aromatic carbocycles. The van der Waals surface area contributed by atoms with Gasteiger partial charge in [0.15, 0.2) is 52.4 Å². The Labute approximate surface area is 745 Å². The molecule has 0 radical (unpaired) electrons. The highest BCUT2D eigenvalue weighted by molar-refractivity contribution is 6.10. The Kier molecular flexibility index (Phi) is 23.6. The van der Waals surface area contributed by atoms with Gasteiger partial charge in [-0.1, -0.05) is 194 Å². The van der Waals surface area contributed by atoms with Crippen molar-refractivity contribution in [3.63, 3.8) is 0 Å². The fraction of sp³-hybridized carbons (Fsp3) is 0. The largest absolute Gasteiger partial charge is 0.254 e. The van der Waals surface area contributed by atoms with Gasteiger partial charge in [-0.05, 0) is 266 Å². The van der Waals surface area contributed by atoms with Gasteiger partial charge >= 0.3 is 0 Å². The molecule has 0 fully saturated rings. The van der Waals surface area contributed by atoms with Crippen molar-refractivity contribution in [3.05, 3.63) is 453 Å². The van der Waals surface area contributed by atoms with Gasteiger partial charge in [-0.3, -0.25) is 9.97 Å². The number of nitrogens with zero attached hydrogens (tertiary/aromatic N) is 11. The number of benzene rings is 16. The van der Waals surface area contributed by atoms with E-state index in [0.717, 1.165) is 117 Å². The zero-order chi connectivity index (χ0) is 89.4. The molecule has 0 atom stereocenters. The van der Waals surface area contributed by atoms with Gasteiger partial charge in [-0.2, -0.15) is 0 Å². The molecule has 5 heterocycles. The minimum atomic E-state index is -0.611. The summed E-state index contributed by atoms with van der Waals surface area (Å²) < 4.78 is 122. The molecule has 5 aromatic heterocycles. The third-order valence-electron chi connectivity index (χ3n) is 22.0. The summed E-state index contributed by atoms with van der Waals surface area (Å²) in [6.07, 6.45) is 3.60. The second-order valence-corrected chi connectivity index (χ2v) is 30.6. The third-order valence-corrected chi connectivity index (χ3v) is 22.0. The van der Waals surface area contributed by atoms with Crippen LogP contribution in [0.4, 0.5) is 39.5 Å². The summed E-state index contributed by atoms with van der Waals surface area (Å²) in [5.74, 6) is 0.0517. The second kappa shape index (κ2) is 37.1. The van der Waals surface area contributed by atoms with Gasteiger partial charge in [0, 0.05) is 79.3 Å². The lowest BCUT2D eigenvalue weighted by molar-refractivity contribution is 0.584. The molecule has 11 nitrogen and oxygen atoms in total. The number of hydrogen-bond acceptors (Lipinski definition) is 11. The van der Waals surface area contributed by atoms with Gasteiger partial charge in [0.05, 0.1) is 11.0 Å². The fourth-order valence-corrected chi connectivity index (χ4v) is 15.1. The summed E-state index contributed by atoms with van der Waals surface area (Å²) in [4.78, 5) is 51.1. The second-order valence-electron chi connectivity index (χ2n) is 30.6. The summed E-state index contributed by atoms with van der Waals surface area (Å²) in [5.41, 5.74) is 21.4. The predicted molar refractivity (Wildman–Crippen MR) is 497 cm³/mol. The zero-order valence-electron chi connectivity index (χ0n) is 68.9. The Hall–Kier alpha value is -17.3. The van der Waals surface area contributed by atoms with Crippen LogP contribution in [0.5, 0.6) is 0 Å². The van der Waals surface area contributed by atoms with Crippen LogP contribution in [0.15, 0.2) is 401 Å². The smallest absolute Gasteiger partial charge is 0.164 e. The van der Waals surface area contributed by atoms with Crippen molar-refractivity contribution >= 4 is 21.8 Å². The number of fused-ring (bicyclic) bond motifs is 3. The quantitative estimate of drug-likeness (QED) is 0.0674. The van der Waals surface area contributed by atoms with Crippen LogP contribution in [-0.2, 0) is 0 Å². The van der Waals surface area contributed by atoms with Crippen molar-refractivity contribution < 1.29 is 39.5 Å².